The number of carbonyl (C=O) groups is 1. The van der Waals surface area contributed by atoms with E-state index >= 15 is 0 Å². The number of pyridine rings is 1. The van der Waals surface area contributed by atoms with E-state index < -0.39 is 0 Å². The summed E-state index contributed by atoms with van der Waals surface area (Å²) in [6, 6.07) is 14.4. The third-order valence-electron chi connectivity index (χ3n) is 4.14. The van der Waals surface area contributed by atoms with Gasteiger partial charge in [0.2, 0.25) is 5.91 Å². The van der Waals surface area contributed by atoms with Gasteiger partial charge in [-0.3, -0.25) is 9.59 Å². The van der Waals surface area contributed by atoms with Gasteiger partial charge in [-0.25, -0.2) is 0 Å². The van der Waals surface area contributed by atoms with Gasteiger partial charge in [0.05, 0.1) is 25.5 Å². The molecule has 0 spiro atoms. The highest BCUT2D eigenvalue weighted by Gasteiger charge is 2.11. The van der Waals surface area contributed by atoms with E-state index in [2.05, 4.69) is 5.32 Å². The number of para-hydroxylation sites is 1. The lowest BCUT2D eigenvalue weighted by atomic mass is 10.2. The molecule has 1 aromatic heterocycles. The van der Waals surface area contributed by atoms with Gasteiger partial charge in [-0.05, 0) is 18.2 Å². The lowest BCUT2D eigenvalue weighted by Gasteiger charge is -2.11. The summed E-state index contributed by atoms with van der Waals surface area (Å²) >= 11 is 1.34. The summed E-state index contributed by atoms with van der Waals surface area (Å²) in [6.07, 6.45) is 0. The highest BCUT2D eigenvalue weighted by atomic mass is 32.2. The molecule has 7 heteroatoms. The van der Waals surface area contributed by atoms with Gasteiger partial charge in [0.15, 0.2) is 11.5 Å². The molecule has 0 radical (unpaired) electrons. The van der Waals surface area contributed by atoms with Crippen LogP contribution in [-0.2, 0) is 11.8 Å². The van der Waals surface area contributed by atoms with Gasteiger partial charge in [0.25, 0.3) is 5.56 Å². The Morgan fingerprint density at radius 2 is 1.81 bits per heavy atom. The predicted molar refractivity (Wildman–Crippen MR) is 108 cm³/mol. The Balaban J connectivity index is 1.74. The minimum Gasteiger partial charge on any atom is -0.493 e. The summed E-state index contributed by atoms with van der Waals surface area (Å²) in [5.41, 5.74) is 1.36. The number of aromatic nitrogens is 1. The van der Waals surface area contributed by atoms with Gasteiger partial charge in [0.1, 0.15) is 0 Å². The number of anilines is 1. The first-order chi connectivity index (χ1) is 13.0. The number of fused-ring (bicyclic) bond motifs is 1. The smallest absolute Gasteiger partial charge is 0.251 e. The van der Waals surface area contributed by atoms with Crippen LogP contribution in [0.2, 0.25) is 0 Å². The highest BCUT2D eigenvalue weighted by Crippen LogP contribution is 2.30. The van der Waals surface area contributed by atoms with Crippen LogP contribution in [0.5, 0.6) is 11.5 Å². The summed E-state index contributed by atoms with van der Waals surface area (Å²) in [6.45, 7) is 0. The zero-order valence-corrected chi connectivity index (χ0v) is 16.1. The molecule has 3 rings (SSSR count). The van der Waals surface area contributed by atoms with Crippen LogP contribution in [0.15, 0.2) is 58.2 Å². The second-order valence-electron chi connectivity index (χ2n) is 5.83. The maximum absolute atomic E-state index is 12.3. The number of thioether (sulfide) groups is 1. The van der Waals surface area contributed by atoms with E-state index in [0.717, 1.165) is 15.8 Å². The summed E-state index contributed by atoms with van der Waals surface area (Å²) in [4.78, 5) is 25.3. The molecule has 1 N–H and O–H groups in total. The molecule has 27 heavy (non-hydrogen) atoms. The molecule has 3 aromatic rings. The lowest BCUT2D eigenvalue weighted by Crippen LogP contribution is -2.17. The molecule has 0 fully saturated rings. The molecule has 0 unspecified atom stereocenters. The van der Waals surface area contributed by atoms with Crippen LogP contribution in [0.25, 0.3) is 10.9 Å². The van der Waals surface area contributed by atoms with Crippen molar-refractivity contribution in [2.45, 2.75) is 4.90 Å². The first-order valence-corrected chi connectivity index (χ1v) is 9.25. The Labute approximate surface area is 161 Å². The quantitative estimate of drug-likeness (QED) is 0.661. The standard InChI is InChI=1S/C20H20N2O4S/c1-22-15-7-5-4-6-14(15)18(11-20(22)24)27-12-19(23)21-13-8-9-16(25-2)17(10-13)26-3/h4-11H,12H2,1-3H3,(H,21,23). The third kappa shape index (κ3) is 4.09. The van der Waals surface area contributed by atoms with E-state index in [9.17, 15) is 9.59 Å². The van der Waals surface area contributed by atoms with E-state index in [4.69, 9.17) is 9.47 Å². The molecule has 2 aromatic carbocycles. The number of rotatable bonds is 6. The summed E-state index contributed by atoms with van der Waals surface area (Å²) in [7, 11) is 4.84. The fourth-order valence-corrected chi connectivity index (χ4v) is 3.62. The molecule has 0 bridgehead atoms. The van der Waals surface area contributed by atoms with Crippen LogP contribution >= 0.6 is 11.8 Å². The van der Waals surface area contributed by atoms with Crippen molar-refractivity contribution in [1.29, 1.82) is 0 Å². The van der Waals surface area contributed by atoms with Crippen molar-refractivity contribution in [2.24, 2.45) is 7.05 Å². The van der Waals surface area contributed by atoms with Crippen molar-refractivity contribution in [3.8, 4) is 11.5 Å². The minimum atomic E-state index is -0.169. The van der Waals surface area contributed by atoms with Crippen molar-refractivity contribution < 1.29 is 14.3 Å². The van der Waals surface area contributed by atoms with Crippen molar-refractivity contribution >= 4 is 34.3 Å². The number of methoxy groups -OCH3 is 2. The molecule has 0 aliphatic rings. The van der Waals surface area contributed by atoms with Crippen LogP contribution in [0.1, 0.15) is 0 Å². The number of ether oxygens (including phenoxy) is 2. The molecule has 140 valence electrons. The number of carbonyl (C=O) groups excluding carboxylic acids is 1. The second kappa shape index (κ2) is 8.18. The number of nitrogens with zero attached hydrogens (tertiary/aromatic N) is 1. The molecule has 0 aliphatic carbocycles. The average Bonchev–Trinajstić information content (AvgIpc) is 2.69. The molecule has 0 saturated heterocycles. The first kappa shape index (κ1) is 18.8. The van der Waals surface area contributed by atoms with Crippen molar-refractivity contribution in [3.05, 3.63) is 58.9 Å². The van der Waals surface area contributed by atoms with Gasteiger partial charge in [0, 0.05) is 35.1 Å². The van der Waals surface area contributed by atoms with Crippen molar-refractivity contribution in [1.82, 2.24) is 4.57 Å². The van der Waals surface area contributed by atoms with Gasteiger partial charge >= 0.3 is 0 Å². The zero-order valence-electron chi connectivity index (χ0n) is 15.3. The Hall–Kier alpha value is -2.93. The largest absolute Gasteiger partial charge is 0.493 e. The second-order valence-corrected chi connectivity index (χ2v) is 6.85. The van der Waals surface area contributed by atoms with E-state index in [0.29, 0.717) is 17.2 Å². The van der Waals surface area contributed by atoms with Gasteiger partial charge in [-0.15, -0.1) is 11.8 Å². The van der Waals surface area contributed by atoms with E-state index in [1.807, 2.05) is 24.3 Å². The number of aryl methyl sites for hydroxylation is 1. The van der Waals surface area contributed by atoms with Crippen molar-refractivity contribution in [2.75, 3.05) is 25.3 Å². The SMILES string of the molecule is COc1ccc(NC(=O)CSc2cc(=O)n(C)c3ccccc23)cc1OC. The monoisotopic (exact) mass is 384 g/mol. The maximum atomic E-state index is 12.3. The average molecular weight is 384 g/mol. The fourth-order valence-electron chi connectivity index (χ4n) is 2.75. The minimum absolute atomic E-state index is 0.100. The van der Waals surface area contributed by atoms with Crippen LogP contribution in [0, 0.1) is 0 Å². The summed E-state index contributed by atoms with van der Waals surface area (Å²) in [5.74, 6) is 1.15. The van der Waals surface area contributed by atoms with Crippen molar-refractivity contribution in [3.63, 3.8) is 0 Å². The normalized spacial score (nSPS) is 10.6. The number of hydrogen-bond acceptors (Lipinski definition) is 5. The topological polar surface area (TPSA) is 69.6 Å². The number of hydrogen-bond donors (Lipinski definition) is 1. The van der Waals surface area contributed by atoms with Crippen LogP contribution in [-0.4, -0.2) is 30.4 Å². The summed E-state index contributed by atoms with van der Waals surface area (Å²) < 4.78 is 12.0. The number of nitrogens with one attached hydrogen (secondary N) is 1. The Bertz CT molecular complexity index is 1050. The van der Waals surface area contributed by atoms with Crippen LogP contribution in [0.3, 0.4) is 0 Å². The molecule has 0 aliphatic heterocycles. The molecule has 1 amide bonds. The maximum Gasteiger partial charge on any atom is 0.251 e. The molecule has 0 saturated carbocycles. The Morgan fingerprint density at radius 1 is 1.07 bits per heavy atom. The van der Waals surface area contributed by atoms with Gasteiger partial charge in [-0.1, -0.05) is 18.2 Å². The van der Waals surface area contributed by atoms with E-state index in [-0.39, 0.29) is 17.2 Å². The molecule has 6 nitrogen and oxygen atoms in total. The molecular formula is C20H20N2O4S. The fraction of sp³-hybridized carbons (Fsp3) is 0.200. The first-order valence-electron chi connectivity index (χ1n) is 8.27. The van der Waals surface area contributed by atoms with Gasteiger partial charge < -0.3 is 19.4 Å². The van der Waals surface area contributed by atoms with E-state index in [1.165, 1.54) is 11.8 Å². The highest BCUT2D eigenvalue weighted by molar-refractivity contribution is 8.00. The van der Waals surface area contributed by atoms with Crippen LogP contribution < -0.4 is 20.3 Å². The Kier molecular flexibility index (Phi) is 5.71. The number of benzene rings is 2. The molecule has 1 heterocycles. The Morgan fingerprint density at radius 3 is 2.56 bits per heavy atom. The van der Waals surface area contributed by atoms with Gasteiger partial charge in [-0.2, -0.15) is 0 Å². The van der Waals surface area contributed by atoms with E-state index in [1.54, 1.807) is 50.1 Å². The predicted octanol–water partition coefficient (Wildman–Crippen LogP) is 3.29. The summed E-state index contributed by atoms with van der Waals surface area (Å²) in [5, 5.41) is 3.78. The molecular weight excluding hydrogens is 364 g/mol. The zero-order chi connectivity index (χ0) is 19.4. The third-order valence-corrected chi connectivity index (χ3v) is 5.20. The molecule has 0 atom stereocenters. The number of amides is 1. The van der Waals surface area contributed by atoms with Crippen LogP contribution in [0.4, 0.5) is 5.69 Å². The lowest BCUT2D eigenvalue weighted by molar-refractivity contribution is -0.113.